The van der Waals surface area contributed by atoms with Crippen molar-refractivity contribution in [1.29, 1.82) is 0 Å². The summed E-state index contributed by atoms with van der Waals surface area (Å²) in [5.41, 5.74) is -1.10. The van der Waals surface area contributed by atoms with Crippen molar-refractivity contribution in [3.8, 4) is 0 Å². The van der Waals surface area contributed by atoms with Gasteiger partial charge in [0.1, 0.15) is 5.54 Å². The van der Waals surface area contributed by atoms with Crippen LogP contribution in [0.3, 0.4) is 0 Å². The third-order valence-electron chi connectivity index (χ3n) is 4.33. The average Bonchev–Trinajstić information content (AvgIpc) is 2.81. The smallest absolute Gasteiger partial charge is 0.329 e. The molecule has 2 heterocycles. The maximum atomic E-state index is 12.5. The highest BCUT2D eigenvalue weighted by molar-refractivity contribution is 5.86. The summed E-state index contributed by atoms with van der Waals surface area (Å²) in [6, 6.07) is -0.226. The number of nitrogens with zero attached hydrogens (tertiary/aromatic N) is 3. The molecular formula is C13H21N3O4. The molecule has 0 bridgehead atoms. The van der Waals surface area contributed by atoms with Crippen LogP contribution in [0.15, 0.2) is 0 Å². The molecule has 0 aromatic heterocycles. The number of carboxylic acids is 1. The Hall–Kier alpha value is -1.79. The first-order valence-electron chi connectivity index (χ1n) is 6.92. The molecule has 1 atom stereocenters. The summed E-state index contributed by atoms with van der Waals surface area (Å²) in [5, 5.41) is 9.34. The van der Waals surface area contributed by atoms with Crippen molar-refractivity contribution in [3.63, 3.8) is 0 Å². The number of amides is 3. The van der Waals surface area contributed by atoms with Crippen molar-refractivity contribution in [2.45, 2.75) is 32.2 Å². The molecule has 0 aromatic carbocycles. The standard InChI is InChI=1S/C13H21N3O4/c1-10(17)14-6-8-15(9-7-14)12(20)16-5-3-4-13(16,2)11(18)19/h3-9H2,1-2H3,(H,18,19). The molecular weight excluding hydrogens is 262 g/mol. The minimum atomic E-state index is -1.10. The van der Waals surface area contributed by atoms with E-state index in [9.17, 15) is 19.5 Å². The molecule has 2 aliphatic rings. The zero-order valence-corrected chi connectivity index (χ0v) is 12.0. The fourth-order valence-electron chi connectivity index (χ4n) is 2.88. The Morgan fingerprint density at radius 2 is 1.55 bits per heavy atom. The van der Waals surface area contributed by atoms with Crippen LogP contribution < -0.4 is 0 Å². The average molecular weight is 283 g/mol. The Kier molecular flexibility index (Phi) is 3.87. The summed E-state index contributed by atoms with van der Waals surface area (Å²) in [5.74, 6) is -0.945. The van der Waals surface area contributed by atoms with Crippen LogP contribution in [-0.2, 0) is 9.59 Å². The minimum Gasteiger partial charge on any atom is -0.480 e. The minimum absolute atomic E-state index is 0.00801. The highest BCUT2D eigenvalue weighted by Gasteiger charge is 2.47. The molecule has 0 spiro atoms. The Morgan fingerprint density at radius 1 is 1.00 bits per heavy atom. The second-order valence-corrected chi connectivity index (χ2v) is 5.61. The van der Waals surface area contributed by atoms with Gasteiger partial charge in [0.05, 0.1) is 0 Å². The molecule has 0 radical (unpaired) electrons. The van der Waals surface area contributed by atoms with Crippen LogP contribution in [0.25, 0.3) is 0 Å². The Balaban J connectivity index is 2.02. The summed E-state index contributed by atoms with van der Waals surface area (Å²) in [6.07, 6.45) is 1.20. The monoisotopic (exact) mass is 283 g/mol. The summed E-state index contributed by atoms with van der Waals surface area (Å²) < 4.78 is 0. The number of piperazine rings is 1. The van der Waals surface area contributed by atoms with E-state index in [4.69, 9.17) is 0 Å². The summed E-state index contributed by atoms with van der Waals surface area (Å²) in [7, 11) is 0. The maximum Gasteiger partial charge on any atom is 0.329 e. The molecule has 0 aliphatic carbocycles. The molecule has 20 heavy (non-hydrogen) atoms. The number of aliphatic carboxylic acids is 1. The van der Waals surface area contributed by atoms with Gasteiger partial charge in [0, 0.05) is 39.6 Å². The third-order valence-corrected chi connectivity index (χ3v) is 4.33. The molecule has 2 rings (SSSR count). The predicted molar refractivity (Wildman–Crippen MR) is 71.2 cm³/mol. The second kappa shape index (κ2) is 5.30. The molecule has 2 aliphatic heterocycles. The van der Waals surface area contributed by atoms with E-state index in [1.54, 1.807) is 16.7 Å². The van der Waals surface area contributed by atoms with Gasteiger partial charge in [0.2, 0.25) is 5.91 Å². The number of hydrogen-bond donors (Lipinski definition) is 1. The topological polar surface area (TPSA) is 81.2 Å². The molecule has 7 heteroatoms. The van der Waals surface area contributed by atoms with Gasteiger partial charge in [-0.15, -0.1) is 0 Å². The number of carbonyl (C=O) groups is 3. The van der Waals surface area contributed by atoms with Crippen molar-refractivity contribution in [3.05, 3.63) is 0 Å². The lowest BCUT2D eigenvalue weighted by Gasteiger charge is -2.39. The van der Waals surface area contributed by atoms with Crippen molar-refractivity contribution in [1.82, 2.24) is 14.7 Å². The Labute approximate surface area is 118 Å². The highest BCUT2D eigenvalue weighted by atomic mass is 16.4. The van der Waals surface area contributed by atoms with Crippen LogP contribution in [-0.4, -0.2) is 76.0 Å². The fraction of sp³-hybridized carbons (Fsp3) is 0.769. The van der Waals surface area contributed by atoms with E-state index < -0.39 is 11.5 Å². The quantitative estimate of drug-likeness (QED) is 0.746. The van der Waals surface area contributed by atoms with Crippen LogP contribution in [0.4, 0.5) is 4.79 Å². The number of hydrogen-bond acceptors (Lipinski definition) is 3. The van der Waals surface area contributed by atoms with Crippen molar-refractivity contribution in [2.24, 2.45) is 0 Å². The van der Waals surface area contributed by atoms with Crippen LogP contribution in [0, 0.1) is 0 Å². The molecule has 112 valence electrons. The van der Waals surface area contributed by atoms with Gasteiger partial charge in [0.25, 0.3) is 0 Å². The lowest BCUT2D eigenvalue weighted by Crippen LogP contribution is -2.58. The zero-order valence-electron chi connectivity index (χ0n) is 12.0. The molecule has 1 unspecified atom stereocenters. The molecule has 2 fully saturated rings. The molecule has 2 saturated heterocycles. The fourth-order valence-corrected chi connectivity index (χ4v) is 2.88. The molecule has 0 aromatic rings. The molecule has 0 saturated carbocycles. The zero-order chi connectivity index (χ0) is 14.9. The van der Waals surface area contributed by atoms with Gasteiger partial charge in [-0.2, -0.15) is 0 Å². The van der Waals surface area contributed by atoms with E-state index in [1.807, 2.05) is 0 Å². The number of urea groups is 1. The van der Waals surface area contributed by atoms with Gasteiger partial charge in [-0.25, -0.2) is 9.59 Å². The van der Waals surface area contributed by atoms with Crippen LogP contribution in [0.2, 0.25) is 0 Å². The van der Waals surface area contributed by atoms with Gasteiger partial charge >= 0.3 is 12.0 Å². The highest BCUT2D eigenvalue weighted by Crippen LogP contribution is 2.30. The van der Waals surface area contributed by atoms with Gasteiger partial charge in [-0.1, -0.05) is 0 Å². The van der Waals surface area contributed by atoms with Crippen molar-refractivity contribution < 1.29 is 19.5 Å². The van der Waals surface area contributed by atoms with Crippen molar-refractivity contribution in [2.75, 3.05) is 32.7 Å². The van der Waals surface area contributed by atoms with Gasteiger partial charge in [0.15, 0.2) is 0 Å². The second-order valence-electron chi connectivity index (χ2n) is 5.61. The van der Waals surface area contributed by atoms with Gasteiger partial charge < -0.3 is 19.8 Å². The van der Waals surface area contributed by atoms with Crippen LogP contribution in [0.1, 0.15) is 26.7 Å². The first-order chi connectivity index (χ1) is 9.36. The van der Waals surface area contributed by atoms with Crippen LogP contribution >= 0.6 is 0 Å². The molecule has 1 N–H and O–H groups in total. The van der Waals surface area contributed by atoms with E-state index in [1.165, 1.54) is 11.8 Å². The van der Waals surface area contributed by atoms with Crippen LogP contribution in [0.5, 0.6) is 0 Å². The third kappa shape index (κ3) is 2.44. The summed E-state index contributed by atoms with van der Waals surface area (Å²) >= 11 is 0. The predicted octanol–water partition coefficient (Wildman–Crippen LogP) is 0.210. The lowest BCUT2D eigenvalue weighted by molar-refractivity contribution is -0.147. The normalized spacial score (nSPS) is 26.8. The number of carboxylic acid groups (broad SMARTS) is 1. The van der Waals surface area contributed by atoms with Crippen molar-refractivity contribution >= 4 is 17.9 Å². The van der Waals surface area contributed by atoms with E-state index in [0.717, 1.165) is 0 Å². The van der Waals surface area contributed by atoms with E-state index >= 15 is 0 Å². The molecule has 3 amide bonds. The van der Waals surface area contributed by atoms with E-state index in [0.29, 0.717) is 45.6 Å². The molecule has 7 nitrogen and oxygen atoms in total. The summed E-state index contributed by atoms with van der Waals surface area (Å²) in [4.78, 5) is 39.9. The van der Waals surface area contributed by atoms with Gasteiger partial charge in [-0.3, -0.25) is 4.79 Å². The number of carbonyl (C=O) groups excluding carboxylic acids is 2. The first kappa shape index (κ1) is 14.6. The Bertz CT molecular complexity index is 431. The van der Waals surface area contributed by atoms with E-state index in [-0.39, 0.29) is 11.9 Å². The van der Waals surface area contributed by atoms with E-state index in [2.05, 4.69) is 0 Å². The lowest BCUT2D eigenvalue weighted by atomic mass is 10.00. The van der Waals surface area contributed by atoms with Gasteiger partial charge in [-0.05, 0) is 19.8 Å². The maximum absolute atomic E-state index is 12.5. The summed E-state index contributed by atoms with van der Waals surface area (Å²) in [6.45, 7) is 5.55. The first-order valence-corrected chi connectivity index (χ1v) is 6.92. The number of rotatable bonds is 1. The Morgan fingerprint density at radius 3 is 2.05 bits per heavy atom. The SMILES string of the molecule is CC(=O)N1CCN(C(=O)N2CCCC2(C)C(=O)O)CC1. The number of likely N-dealkylation sites (tertiary alicyclic amines) is 1. The largest absolute Gasteiger partial charge is 0.480 e.